The minimum Gasteiger partial charge on any atom is -0.465 e. The van der Waals surface area contributed by atoms with Gasteiger partial charge in [-0.25, -0.2) is 8.78 Å². The lowest BCUT2D eigenvalue weighted by atomic mass is 9.94. The second kappa shape index (κ2) is 7.44. The van der Waals surface area contributed by atoms with E-state index in [1.807, 2.05) is 6.92 Å². The summed E-state index contributed by atoms with van der Waals surface area (Å²) in [6.07, 6.45) is -2.60. The third-order valence-corrected chi connectivity index (χ3v) is 2.47. The van der Waals surface area contributed by atoms with Crippen LogP contribution >= 0.6 is 0 Å². The Labute approximate surface area is 114 Å². The fourth-order valence-corrected chi connectivity index (χ4v) is 0.978. The zero-order valence-corrected chi connectivity index (χ0v) is 11.6. The summed E-state index contributed by atoms with van der Waals surface area (Å²) in [6.45, 7) is 2.39. The molecule has 0 saturated carbocycles. The highest BCUT2D eigenvalue weighted by molar-refractivity contribution is 5.99. The lowest BCUT2D eigenvalue weighted by Gasteiger charge is -2.22. The van der Waals surface area contributed by atoms with Crippen molar-refractivity contribution in [1.29, 1.82) is 0 Å². The Kier molecular flexibility index (Phi) is 6.95. The van der Waals surface area contributed by atoms with Crippen molar-refractivity contribution in [3.63, 3.8) is 0 Å². The Bertz CT molecular complexity index is 342. The van der Waals surface area contributed by atoms with E-state index in [0.717, 1.165) is 20.3 Å². The Morgan fingerprint density at radius 2 is 1.60 bits per heavy atom. The zero-order valence-electron chi connectivity index (χ0n) is 11.6. The van der Waals surface area contributed by atoms with Crippen molar-refractivity contribution in [2.75, 3.05) is 13.2 Å². The summed E-state index contributed by atoms with van der Waals surface area (Å²) in [7, 11) is 0. The van der Waals surface area contributed by atoms with E-state index in [4.69, 9.17) is 4.74 Å². The molecule has 0 aromatic carbocycles. The van der Waals surface area contributed by atoms with E-state index in [1.54, 1.807) is 0 Å². The zero-order chi connectivity index (χ0) is 16.0. The summed E-state index contributed by atoms with van der Waals surface area (Å²) in [5.74, 6) is -6.73. The van der Waals surface area contributed by atoms with Crippen LogP contribution in [-0.4, -0.2) is 37.5 Å². The van der Waals surface area contributed by atoms with E-state index >= 15 is 0 Å². The molecule has 118 valence electrons. The standard InChI is InChI=1S/C12H18F4O4/c1-4-5-6-19-9(17)11(2,3)10(18)20-7-12(15,16)8(13)14/h8H,4-7H2,1-3H3. The molecular formula is C12H18F4O4. The first-order valence-electron chi connectivity index (χ1n) is 6.06. The van der Waals surface area contributed by atoms with Crippen LogP contribution in [0.1, 0.15) is 33.6 Å². The molecule has 0 amide bonds. The normalized spacial score (nSPS) is 12.4. The molecule has 8 heteroatoms. The monoisotopic (exact) mass is 302 g/mol. The van der Waals surface area contributed by atoms with E-state index in [1.165, 1.54) is 0 Å². The van der Waals surface area contributed by atoms with Crippen LogP contribution in [0.4, 0.5) is 17.6 Å². The third-order valence-electron chi connectivity index (χ3n) is 2.47. The van der Waals surface area contributed by atoms with Gasteiger partial charge in [0, 0.05) is 0 Å². The van der Waals surface area contributed by atoms with Crippen molar-refractivity contribution in [3.8, 4) is 0 Å². The SMILES string of the molecule is CCCCOC(=O)C(C)(C)C(=O)OCC(F)(F)C(F)F. The molecule has 4 nitrogen and oxygen atoms in total. The summed E-state index contributed by atoms with van der Waals surface area (Å²) in [4.78, 5) is 23.1. The first-order chi connectivity index (χ1) is 9.05. The maximum Gasteiger partial charge on any atom is 0.340 e. The molecule has 0 N–H and O–H groups in total. The molecule has 0 aromatic heterocycles. The lowest BCUT2D eigenvalue weighted by molar-refractivity contribution is -0.190. The van der Waals surface area contributed by atoms with Gasteiger partial charge in [0.25, 0.3) is 0 Å². The Morgan fingerprint density at radius 3 is 2.05 bits per heavy atom. The van der Waals surface area contributed by atoms with Gasteiger partial charge in [0.05, 0.1) is 6.61 Å². The first kappa shape index (κ1) is 18.7. The van der Waals surface area contributed by atoms with E-state index < -0.39 is 36.3 Å². The molecule has 0 aromatic rings. The van der Waals surface area contributed by atoms with E-state index in [2.05, 4.69) is 4.74 Å². The molecule has 0 aliphatic heterocycles. The number of esters is 2. The van der Waals surface area contributed by atoms with Crippen LogP contribution in [0.3, 0.4) is 0 Å². The van der Waals surface area contributed by atoms with Gasteiger partial charge in [-0.05, 0) is 20.3 Å². The van der Waals surface area contributed by atoms with Crippen molar-refractivity contribution in [3.05, 3.63) is 0 Å². The molecule has 0 radical (unpaired) electrons. The van der Waals surface area contributed by atoms with Gasteiger partial charge in [0.15, 0.2) is 12.0 Å². The van der Waals surface area contributed by atoms with E-state index in [9.17, 15) is 27.2 Å². The van der Waals surface area contributed by atoms with E-state index in [0.29, 0.717) is 6.42 Å². The highest BCUT2D eigenvalue weighted by Gasteiger charge is 2.45. The van der Waals surface area contributed by atoms with Crippen LogP contribution in [0.25, 0.3) is 0 Å². The summed E-state index contributed by atoms with van der Waals surface area (Å²) in [5.41, 5.74) is -1.83. The highest BCUT2D eigenvalue weighted by Crippen LogP contribution is 2.26. The van der Waals surface area contributed by atoms with Crippen LogP contribution < -0.4 is 0 Å². The van der Waals surface area contributed by atoms with Gasteiger partial charge in [-0.1, -0.05) is 13.3 Å². The second-order valence-corrected chi connectivity index (χ2v) is 4.75. The van der Waals surface area contributed by atoms with Crippen LogP contribution in [0, 0.1) is 5.41 Å². The molecule has 0 heterocycles. The predicted octanol–water partition coefficient (Wildman–Crippen LogP) is 2.80. The number of rotatable bonds is 8. The highest BCUT2D eigenvalue weighted by atomic mass is 19.3. The fraction of sp³-hybridized carbons (Fsp3) is 0.833. The van der Waals surface area contributed by atoms with Crippen LogP contribution in [0.15, 0.2) is 0 Å². The smallest absolute Gasteiger partial charge is 0.340 e. The molecule has 20 heavy (non-hydrogen) atoms. The Hall–Kier alpha value is -1.34. The van der Waals surface area contributed by atoms with Crippen molar-refractivity contribution in [2.45, 2.75) is 46.0 Å². The van der Waals surface area contributed by atoms with Crippen LogP contribution in [0.5, 0.6) is 0 Å². The van der Waals surface area contributed by atoms with Gasteiger partial charge in [-0.2, -0.15) is 8.78 Å². The van der Waals surface area contributed by atoms with Crippen LogP contribution in [-0.2, 0) is 19.1 Å². The molecule has 0 fully saturated rings. The minimum atomic E-state index is -4.45. The van der Waals surface area contributed by atoms with Gasteiger partial charge in [-0.3, -0.25) is 9.59 Å². The van der Waals surface area contributed by atoms with Crippen LogP contribution in [0.2, 0.25) is 0 Å². The molecule has 0 bridgehead atoms. The Balaban J connectivity index is 4.47. The summed E-state index contributed by atoms with van der Waals surface area (Å²) in [5, 5.41) is 0. The third kappa shape index (κ3) is 5.34. The molecule has 0 unspecified atom stereocenters. The molecule has 0 atom stereocenters. The maximum atomic E-state index is 12.6. The van der Waals surface area contributed by atoms with Gasteiger partial charge in [0.2, 0.25) is 0 Å². The van der Waals surface area contributed by atoms with Crippen molar-refractivity contribution >= 4 is 11.9 Å². The molecule has 0 aliphatic carbocycles. The average molecular weight is 302 g/mol. The second-order valence-electron chi connectivity index (χ2n) is 4.75. The Morgan fingerprint density at radius 1 is 1.10 bits per heavy atom. The number of halogens is 4. The molecule has 0 rings (SSSR count). The number of alkyl halides is 4. The maximum absolute atomic E-state index is 12.6. The van der Waals surface area contributed by atoms with E-state index in [-0.39, 0.29) is 6.61 Å². The fourth-order valence-electron chi connectivity index (χ4n) is 0.978. The predicted molar refractivity (Wildman–Crippen MR) is 61.6 cm³/mol. The van der Waals surface area contributed by atoms with Gasteiger partial charge in [-0.15, -0.1) is 0 Å². The minimum absolute atomic E-state index is 0.0826. The lowest BCUT2D eigenvalue weighted by Crippen LogP contribution is -2.40. The first-order valence-corrected chi connectivity index (χ1v) is 6.06. The molecule has 0 spiro atoms. The van der Waals surface area contributed by atoms with Crippen molar-refractivity contribution in [1.82, 2.24) is 0 Å². The van der Waals surface area contributed by atoms with Gasteiger partial charge in [0.1, 0.15) is 0 Å². The summed E-state index contributed by atoms with van der Waals surface area (Å²) < 4.78 is 57.8. The number of ether oxygens (including phenoxy) is 2. The largest absolute Gasteiger partial charge is 0.465 e. The number of carbonyl (C=O) groups excluding carboxylic acids is 2. The summed E-state index contributed by atoms with van der Waals surface area (Å²) >= 11 is 0. The number of hydrogen-bond acceptors (Lipinski definition) is 4. The van der Waals surface area contributed by atoms with Gasteiger partial charge < -0.3 is 9.47 Å². The number of unbranched alkanes of at least 4 members (excludes halogenated alkanes) is 1. The van der Waals surface area contributed by atoms with Gasteiger partial charge >= 0.3 is 24.3 Å². The van der Waals surface area contributed by atoms with Crippen molar-refractivity contribution < 1.29 is 36.6 Å². The quantitative estimate of drug-likeness (QED) is 0.299. The number of hydrogen-bond donors (Lipinski definition) is 0. The molecule has 0 aliphatic rings. The number of carbonyl (C=O) groups is 2. The molecule has 0 saturated heterocycles. The topological polar surface area (TPSA) is 52.6 Å². The summed E-state index contributed by atoms with van der Waals surface area (Å²) in [6, 6.07) is 0. The molecular weight excluding hydrogens is 284 g/mol. The van der Waals surface area contributed by atoms with Crippen molar-refractivity contribution in [2.24, 2.45) is 5.41 Å². The average Bonchev–Trinajstić information content (AvgIpc) is 2.35.